The van der Waals surface area contributed by atoms with Crippen LogP contribution in [0.5, 0.6) is 0 Å². The van der Waals surface area contributed by atoms with E-state index in [0.717, 1.165) is 5.69 Å². The first kappa shape index (κ1) is 13.0. The Balaban J connectivity index is 2.40. The van der Waals surface area contributed by atoms with Crippen molar-refractivity contribution in [1.29, 1.82) is 0 Å². The van der Waals surface area contributed by atoms with Crippen LogP contribution < -0.4 is 0 Å². The lowest BCUT2D eigenvalue weighted by Gasteiger charge is -2.05. The van der Waals surface area contributed by atoms with Gasteiger partial charge in [-0.2, -0.15) is 11.8 Å². The van der Waals surface area contributed by atoms with Crippen molar-refractivity contribution in [2.75, 3.05) is 12.4 Å². The summed E-state index contributed by atoms with van der Waals surface area (Å²) in [6.07, 6.45) is 0.587. The van der Waals surface area contributed by atoms with Crippen LogP contribution in [0.1, 0.15) is 16.1 Å². The zero-order chi connectivity index (χ0) is 12.0. The number of thioether (sulfide) groups is 1. The summed E-state index contributed by atoms with van der Waals surface area (Å²) in [4.78, 5) is 14.5. The molecule has 0 saturated carbocycles. The summed E-state index contributed by atoms with van der Waals surface area (Å²) < 4.78 is 0. The van der Waals surface area contributed by atoms with E-state index < -0.39 is 12.1 Å². The molecule has 0 amide bonds. The summed E-state index contributed by atoms with van der Waals surface area (Å²) in [5.41, 5.74) is 0.907. The third kappa shape index (κ3) is 4.18. The smallest absolute Gasteiger partial charge is 0.337 e. The molecular weight excluding hydrogens is 230 g/mol. The number of carboxylic acid groups (broad SMARTS) is 1. The molecule has 0 bridgehead atoms. The Bertz CT molecular complexity index is 341. The standard InChI is InChI=1S/C10H13NO4S/c12-4-9(13)6-16-5-8-2-1-7(3-11-8)10(14)15/h1-3,9,12-13H,4-6H2,(H,14,15). The largest absolute Gasteiger partial charge is 0.478 e. The van der Waals surface area contributed by atoms with Gasteiger partial charge in [-0.05, 0) is 12.1 Å². The van der Waals surface area contributed by atoms with Gasteiger partial charge < -0.3 is 15.3 Å². The zero-order valence-corrected chi connectivity index (χ0v) is 9.35. The number of aromatic nitrogens is 1. The van der Waals surface area contributed by atoms with Gasteiger partial charge in [0.2, 0.25) is 0 Å². The number of aromatic carboxylic acids is 1. The quantitative estimate of drug-likeness (QED) is 0.668. The monoisotopic (exact) mass is 243 g/mol. The van der Waals surface area contributed by atoms with Crippen LogP contribution in [0.2, 0.25) is 0 Å². The third-order valence-corrected chi connectivity index (χ3v) is 2.96. The van der Waals surface area contributed by atoms with Gasteiger partial charge in [-0.25, -0.2) is 4.79 Å². The highest BCUT2D eigenvalue weighted by atomic mass is 32.2. The zero-order valence-electron chi connectivity index (χ0n) is 8.54. The molecule has 3 N–H and O–H groups in total. The summed E-state index contributed by atoms with van der Waals surface area (Å²) in [6, 6.07) is 3.13. The predicted octanol–water partition coefficient (Wildman–Crippen LogP) is 0.366. The Morgan fingerprint density at radius 2 is 2.25 bits per heavy atom. The molecular formula is C10H13NO4S. The van der Waals surface area contributed by atoms with Crippen LogP contribution in [0.3, 0.4) is 0 Å². The average molecular weight is 243 g/mol. The summed E-state index contributed by atoms with van der Waals surface area (Å²) >= 11 is 1.43. The molecule has 0 radical (unpaired) electrons. The lowest BCUT2D eigenvalue weighted by molar-refractivity contribution is 0.0696. The maximum Gasteiger partial charge on any atom is 0.337 e. The molecule has 16 heavy (non-hydrogen) atoms. The SMILES string of the molecule is O=C(O)c1ccc(CSCC(O)CO)nc1. The number of rotatable bonds is 6. The first-order chi connectivity index (χ1) is 7.63. The first-order valence-corrected chi connectivity index (χ1v) is 5.84. The van der Waals surface area contributed by atoms with Crippen LogP contribution in [0, 0.1) is 0 Å². The van der Waals surface area contributed by atoms with Crippen LogP contribution in [-0.2, 0) is 5.75 Å². The maximum atomic E-state index is 10.5. The van der Waals surface area contributed by atoms with Gasteiger partial charge in [0.05, 0.1) is 24.0 Å². The Labute approximate surface area is 97.1 Å². The van der Waals surface area contributed by atoms with Gasteiger partial charge in [0.15, 0.2) is 0 Å². The van der Waals surface area contributed by atoms with E-state index in [1.807, 2.05) is 0 Å². The van der Waals surface area contributed by atoms with E-state index in [1.165, 1.54) is 24.0 Å². The maximum absolute atomic E-state index is 10.5. The van der Waals surface area contributed by atoms with E-state index in [2.05, 4.69) is 4.98 Å². The van der Waals surface area contributed by atoms with Gasteiger partial charge in [-0.3, -0.25) is 4.98 Å². The van der Waals surface area contributed by atoms with Crippen LogP contribution in [0.4, 0.5) is 0 Å². The molecule has 0 aliphatic rings. The molecule has 1 aromatic rings. The summed E-state index contributed by atoms with van der Waals surface area (Å²) in [7, 11) is 0. The lowest BCUT2D eigenvalue weighted by atomic mass is 10.2. The van der Waals surface area contributed by atoms with Crippen LogP contribution >= 0.6 is 11.8 Å². The molecule has 0 saturated heterocycles. The van der Waals surface area contributed by atoms with Crippen molar-refractivity contribution in [2.45, 2.75) is 11.9 Å². The molecule has 1 atom stereocenters. The van der Waals surface area contributed by atoms with Gasteiger partial charge in [0, 0.05) is 17.7 Å². The molecule has 1 rings (SSSR count). The fourth-order valence-corrected chi connectivity index (χ4v) is 1.86. The topological polar surface area (TPSA) is 90.7 Å². The number of aliphatic hydroxyl groups excluding tert-OH is 2. The Kier molecular flexibility index (Phi) is 5.24. The number of carboxylic acids is 1. The van der Waals surface area contributed by atoms with Gasteiger partial charge in [-0.1, -0.05) is 0 Å². The van der Waals surface area contributed by atoms with E-state index in [1.54, 1.807) is 6.07 Å². The van der Waals surface area contributed by atoms with Gasteiger partial charge in [0.25, 0.3) is 0 Å². The second-order valence-electron chi connectivity index (χ2n) is 3.19. The predicted molar refractivity (Wildman–Crippen MR) is 60.5 cm³/mol. The Hall–Kier alpha value is -1.11. The molecule has 0 fully saturated rings. The van der Waals surface area contributed by atoms with E-state index in [4.69, 9.17) is 15.3 Å². The van der Waals surface area contributed by atoms with Gasteiger partial charge in [-0.15, -0.1) is 0 Å². The Morgan fingerprint density at radius 3 is 2.75 bits per heavy atom. The Morgan fingerprint density at radius 1 is 1.50 bits per heavy atom. The highest BCUT2D eigenvalue weighted by molar-refractivity contribution is 7.98. The molecule has 5 nitrogen and oxygen atoms in total. The highest BCUT2D eigenvalue weighted by Gasteiger charge is 2.05. The van der Waals surface area contributed by atoms with Gasteiger partial charge in [0.1, 0.15) is 0 Å². The molecule has 0 spiro atoms. The fraction of sp³-hybridized carbons (Fsp3) is 0.400. The van der Waals surface area contributed by atoms with Gasteiger partial charge >= 0.3 is 5.97 Å². The van der Waals surface area contributed by atoms with Crippen molar-refractivity contribution in [1.82, 2.24) is 4.98 Å². The van der Waals surface area contributed by atoms with Crippen molar-refractivity contribution in [3.63, 3.8) is 0 Å². The number of carbonyl (C=O) groups is 1. The van der Waals surface area contributed by atoms with Crippen LogP contribution in [0.25, 0.3) is 0 Å². The highest BCUT2D eigenvalue weighted by Crippen LogP contribution is 2.11. The lowest BCUT2D eigenvalue weighted by Crippen LogP contribution is -2.14. The van der Waals surface area contributed by atoms with Crippen LogP contribution in [-0.4, -0.2) is 44.7 Å². The molecule has 0 aliphatic heterocycles. The number of hydrogen-bond donors (Lipinski definition) is 3. The first-order valence-electron chi connectivity index (χ1n) is 4.68. The number of aliphatic hydroxyl groups is 2. The fourth-order valence-electron chi connectivity index (χ4n) is 0.989. The molecule has 88 valence electrons. The normalized spacial score (nSPS) is 12.4. The van der Waals surface area contributed by atoms with Crippen molar-refractivity contribution < 1.29 is 20.1 Å². The minimum absolute atomic E-state index is 0.157. The number of nitrogens with zero attached hydrogens (tertiary/aromatic N) is 1. The van der Waals surface area contributed by atoms with Crippen molar-refractivity contribution in [2.24, 2.45) is 0 Å². The number of pyridine rings is 1. The van der Waals surface area contributed by atoms with Crippen LogP contribution in [0.15, 0.2) is 18.3 Å². The van der Waals surface area contributed by atoms with E-state index in [9.17, 15) is 4.79 Å². The van der Waals surface area contributed by atoms with E-state index >= 15 is 0 Å². The molecule has 1 heterocycles. The summed E-state index contributed by atoms with van der Waals surface area (Å²) in [5, 5.41) is 26.3. The molecule has 1 unspecified atom stereocenters. The molecule has 6 heteroatoms. The summed E-state index contributed by atoms with van der Waals surface area (Å²) in [6.45, 7) is -0.252. The van der Waals surface area contributed by atoms with Crippen molar-refractivity contribution >= 4 is 17.7 Å². The number of hydrogen-bond acceptors (Lipinski definition) is 5. The molecule has 1 aromatic heterocycles. The third-order valence-electron chi connectivity index (χ3n) is 1.84. The van der Waals surface area contributed by atoms with Crippen molar-refractivity contribution in [3.05, 3.63) is 29.6 Å². The summed E-state index contributed by atoms with van der Waals surface area (Å²) in [5.74, 6) is 0.0120. The minimum atomic E-state index is -0.998. The van der Waals surface area contributed by atoms with Crippen molar-refractivity contribution in [3.8, 4) is 0 Å². The molecule has 0 aliphatic carbocycles. The van der Waals surface area contributed by atoms with E-state index in [0.29, 0.717) is 11.5 Å². The second kappa shape index (κ2) is 6.47. The van der Waals surface area contributed by atoms with E-state index in [-0.39, 0.29) is 12.2 Å². The second-order valence-corrected chi connectivity index (χ2v) is 4.23. The average Bonchev–Trinajstić information content (AvgIpc) is 2.29. The minimum Gasteiger partial charge on any atom is -0.478 e. The molecule has 0 aromatic carbocycles.